The van der Waals surface area contributed by atoms with E-state index in [9.17, 15) is 18.0 Å². The monoisotopic (exact) mass is 358 g/mol. The van der Waals surface area contributed by atoms with Gasteiger partial charge in [-0.2, -0.15) is 13.2 Å². The molecule has 0 aliphatic rings. The number of hydrogen-bond acceptors (Lipinski definition) is 6. The zero-order chi connectivity index (χ0) is 17.7. The van der Waals surface area contributed by atoms with Gasteiger partial charge in [-0.1, -0.05) is 11.2 Å². The molecule has 24 heavy (non-hydrogen) atoms. The average Bonchev–Trinajstić information content (AvgIpc) is 2.94. The fourth-order valence-corrected chi connectivity index (χ4v) is 2.89. The summed E-state index contributed by atoms with van der Waals surface area (Å²) in [4.78, 5) is 20.7. The van der Waals surface area contributed by atoms with Gasteiger partial charge in [0.2, 0.25) is 6.40 Å². The van der Waals surface area contributed by atoms with Gasteiger partial charge >= 0.3 is 12.1 Å². The molecule has 0 unspecified atom stereocenters. The van der Waals surface area contributed by atoms with Crippen LogP contribution >= 0.6 is 11.3 Å². The Balaban J connectivity index is 2.13. The highest BCUT2D eigenvalue weighted by Gasteiger charge is 2.30. The molecule has 0 fully saturated rings. The average molecular weight is 358 g/mol. The number of aromatic nitrogens is 1. The van der Waals surface area contributed by atoms with E-state index in [1.807, 2.05) is 0 Å². The third kappa shape index (κ3) is 4.54. The van der Waals surface area contributed by atoms with Crippen molar-refractivity contribution < 1.29 is 27.5 Å². The second-order valence-electron chi connectivity index (χ2n) is 4.72. The number of esters is 1. The molecule has 0 aliphatic carbocycles. The Hall–Kier alpha value is -2.42. The second-order valence-corrected chi connectivity index (χ2v) is 5.83. The molecule has 0 atom stereocenters. The maximum atomic E-state index is 12.7. The van der Waals surface area contributed by atoms with Crippen LogP contribution in [0.25, 0.3) is 10.6 Å². The lowest BCUT2D eigenvalue weighted by Crippen LogP contribution is -2.05. The summed E-state index contributed by atoms with van der Waals surface area (Å²) in [5, 5.41) is 3.81. The molecule has 0 saturated carbocycles. The van der Waals surface area contributed by atoms with Crippen molar-refractivity contribution in [1.29, 1.82) is 0 Å². The fraction of sp³-hybridized carbons (Fsp3) is 0.267. The summed E-state index contributed by atoms with van der Waals surface area (Å²) in [6, 6.07) is 3.47. The minimum Gasteiger partial charge on any atom is -0.411 e. The molecule has 9 heteroatoms. The van der Waals surface area contributed by atoms with Crippen molar-refractivity contribution >= 4 is 23.7 Å². The van der Waals surface area contributed by atoms with E-state index in [0.717, 1.165) is 18.5 Å². The molecule has 128 valence electrons. The Labute approximate surface area is 139 Å². The summed E-state index contributed by atoms with van der Waals surface area (Å²) >= 11 is 1.21. The summed E-state index contributed by atoms with van der Waals surface area (Å²) in [6.45, 7) is 1.58. The molecule has 2 aromatic rings. The zero-order valence-electron chi connectivity index (χ0n) is 12.8. The number of alkyl halides is 3. The van der Waals surface area contributed by atoms with Crippen LogP contribution in [0.5, 0.6) is 0 Å². The highest BCUT2D eigenvalue weighted by molar-refractivity contribution is 7.15. The lowest BCUT2D eigenvalue weighted by atomic mass is 10.1. The quantitative estimate of drug-likeness (QED) is 0.353. The van der Waals surface area contributed by atoms with E-state index in [-0.39, 0.29) is 6.42 Å². The van der Waals surface area contributed by atoms with Gasteiger partial charge < -0.3 is 9.57 Å². The third-order valence-corrected chi connectivity index (χ3v) is 4.02. The highest BCUT2D eigenvalue weighted by Crippen LogP contribution is 2.34. The molecular formula is C15H13F3N2O3S. The van der Waals surface area contributed by atoms with Crippen molar-refractivity contribution in [2.45, 2.75) is 19.5 Å². The van der Waals surface area contributed by atoms with Crippen LogP contribution in [0.2, 0.25) is 0 Å². The molecule has 1 aromatic heterocycles. The number of aryl methyl sites for hydroxylation is 1. The lowest BCUT2D eigenvalue weighted by molar-refractivity contribution is -0.137. The Bertz CT molecular complexity index is 757. The van der Waals surface area contributed by atoms with Crippen molar-refractivity contribution in [2.75, 3.05) is 7.11 Å². The molecule has 0 amide bonds. The molecule has 0 spiro atoms. The van der Waals surface area contributed by atoms with Crippen molar-refractivity contribution in [3.63, 3.8) is 0 Å². The highest BCUT2D eigenvalue weighted by atomic mass is 32.1. The third-order valence-electron chi connectivity index (χ3n) is 2.99. The molecule has 0 saturated heterocycles. The van der Waals surface area contributed by atoms with Gasteiger partial charge in [-0.05, 0) is 24.6 Å². The minimum absolute atomic E-state index is 0.0208. The Morgan fingerprint density at radius 1 is 1.42 bits per heavy atom. The van der Waals surface area contributed by atoms with Crippen LogP contribution in [0.4, 0.5) is 13.2 Å². The standard InChI is InChI=1S/C15H13F3N2O3S/c1-9-5-10(15(16,17)18)3-4-12(9)14-19-7-11(24-14)6-13(21)23-8-20-22-2/h3-5,7-8H,6H2,1-2H3. The number of thiazole rings is 1. The molecule has 0 N–H and O–H groups in total. The number of carbonyl (C=O) groups is 1. The van der Waals surface area contributed by atoms with Gasteiger partial charge in [0.1, 0.15) is 12.1 Å². The van der Waals surface area contributed by atoms with E-state index in [2.05, 4.69) is 19.7 Å². The van der Waals surface area contributed by atoms with Crippen LogP contribution in [0, 0.1) is 6.92 Å². The number of rotatable bonds is 5. The molecule has 2 rings (SSSR count). The van der Waals surface area contributed by atoms with Crippen LogP contribution in [-0.2, 0) is 27.0 Å². The fourth-order valence-electron chi connectivity index (χ4n) is 1.90. The van der Waals surface area contributed by atoms with E-state index < -0.39 is 17.7 Å². The molecule has 1 aromatic carbocycles. The number of carbonyl (C=O) groups excluding carboxylic acids is 1. The second kappa shape index (κ2) is 7.43. The first-order valence-electron chi connectivity index (χ1n) is 6.68. The smallest absolute Gasteiger partial charge is 0.411 e. The number of halogens is 3. The summed E-state index contributed by atoms with van der Waals surface area (Å²) in [7, 11) is 1.31. The van der Waals surface area contributed by atoms with Crippen molar-refractivity contribution in [3.8, 4) is 10.6 Å². The van der Waals surface area contributed by atoms with E-state index in [4.69, 9.17) is 0 Å². The Morgan fingerprint density at radius 2 is 2.17 bits per heavy atom. The van der Waals surface area contributed by atoms with Gasteiger partial charge in [-0.25, -0.2) is 4.98 Å². The zero-order valence-corrected chi connectivity index (χ0v) is 13.6. The van der Waals surface area contributed by atoms with Gasteiger partial charge in [0.05, 0.1) is 12.0 Å². The Kier molecular flexibility index (Phi) is 5.55. The Morgan fingerprint density at radius 3 is 2.79 bits per heavy atom. The number of oxime groups is 1. The summed E-state index contributed by atoms with van der Waals surface area (Å²) in [5.41, 5.74) is 0.343. The topological polar surface area (TPSA) is 60.8 Å². The maximum absolute atomic E-state index is 12.7. The lowest BCUT2D eigenvalue weighted by Gasteiger charge is -2.09. The van der Waals surface area contributed by atoms with Gasteiger partial charge in [0.25, 0.3) is 0 Å². The minimum atomic E-state index is -4.38. The molecule has 1 heterocycles. The molecule has 0 bridgehead atoms. The van der Waals surface area contributed by atoms with Crippen molar-refractivity contribution in [3.05, 3.63) is 40.4 Å². The van der Waals surface area contributed by atoms with Crippen molar-refractivity contribution in [2.24, 2.45) is 5.16 Å². The van der Waals surface area contributed by atoms with Crippen LogP contribution in [0.1, 0.15) is 16.0 Å². The first kappa shape index (κ1) is 17.9. The van der Waals surface area contributed by atoms with Gasteiger partial charge in [0, 0.05) is 16.6 Å². The summed E-state index contributed by atoms with van der Waals surface area (Å²) in [5.74, 6) is -0.546. The maximum Gasteiger partial charge on any atom is 0.416 e. The predicted octanol–water partition coefficient (Wildman–Crippen LogP) is 3.81. The molecular weight excluding hydrogens is 345 g/mol. The van der Waals surface area contributed by atoms with Crippen molar-refractivity contribution in [1.82, 2.24) is 4.98 Å². The number of ether oxygens (including phenoxy) is 1. The van der Waals surface area contributed by atoms with Crippen LogP contribution in [0.3, 0.4) is 0 Å². The normalized spacial score (nSPS) is 11.7. The van der Waals surface area contributed by atoms with Crippen LogP contribution in [-0.4, -0.2) is 24.5 Å². The number of benzene rings is 1. The number of nitrogens with zero attached hydrogens (tertiary/aromatic N) is 2. The molecule has 5 nitrogen and oxygen atoms in total. The predicted molar refractivity (Wildman–Crippen MR) is 82.6 cm³/mol. The van der Waals surface area contributed by atoms with Gasteiger partial charge in [0.15, 0.2) is 0 Å². The van der Waals surface area contributed by atoms with Crippen LogP contribution < -0.4 is 0 Å². The molecule has 0 radical (unpaired) electrons. The van der Waals surface area contributed by atoms with E-state index in [0.29, 0.717) is 21.0 Å². The summed E-state index contributed by atoms with van der Waals surface area (Å²) in [6.07, 6.45) is -2.03. The van der Waals surface area contributed by atoms with Gasteiger partial charge in [-0.15, -0.1) is 11.3 Å². The van der Waals surface area contributed by atoms with E-state index >= 15 is 0 Å². The molecule has 0 aliphatic heterocycles. The summed E-state index contributed by atoms with van der Waals surface area (Å²) < 4.78 is 42.8. The SMILES string of the molecule is CON=COC(=O)Cc1cnc(-c2ccc(C(F)(F)F)cc2C)s1. The van der Waals surface area contributed by atoms with E-state index in [1.54, 1.807) is 6.92 Å². The van der Waals surface area contributed by atoms with Gasteiger partial charge in [-0.3, -0.25) is 4.79 Å². The largest absolute Gasteiger partial charge is 0.416 e. The first-order chi connectivity index (χ1) is 11.3. The van der Waals surface area contributed by atoms with E-state index in [1.165, 1.54) is 30.7 Å². The van der Waals surface area contributed by atoms with Crippen LogP contribution in [0.15, 0.2) is 29.6 Å². The first-order valence-corrected chi connectivity index (χ1v) is 7.50. The number of hydrogen-bond donors (Lipinski definition) is 0.